The van der Waals surface area contributed by atoms with Crippen molar-refractivity contribution in [2.24, 2.45) is 11.5 Å². The molecule has 0 saturated carbocycles. The molecule has 5 heteroatoms. The van der Waals surface area contributed by atoms with Crippen LogP contribution in [0.4, 0.5) is 0 Å². The molecule has 0 fully saturated rings. The Labute approximate surface area is 74.4 Å². The number of carbonyl (C=O) groups is 1. The summed E-state index contributed by atoms with van der Waals surface area (Å²) in [6, 6.07) is -2.20. The minimum Gasteiger partial charge on any atom is -0.480 e. The Bertz CT molecular complexity index is 268. The normalized spacial score (nSPS) is 25.0. The van der Waals surface area contributed by atoms with Crippen LogP contribution in [0.3, 0.4) is 0 Å². The predicted molar refractivity (Wildman–Crippen MR) is 41.1 cm³/mol. The van der Waals surface area contributed by atoms with Gasteiger partial charge in [-0.3, -0.25) is 4.79 Å². The number of hydrogen-bond acceptors (Lipinski definition) is 3. The summed E-state index contributed by atoms with van der Waals surface area (Å²) in [5.41, 5.74) is 9.75. The molecule has 0 unspecified atom stereocenters. The standard InChI is InChI=1S/C5H12N2O2.ClH/c6-3-1-2-4(7)5(8)9;/h4H,1-3,6-7H2,(H,8,9);1H/t4-;/m0./s1/i1D2,2D2,3D2;. The van der Waals surface area contributed by atoms with Crippen LogP contribution in [0.2, 0.25) is 0 Å². The maximum Gasteiger partial charge on any atom is 0.320 e. The predicted octanol–water partition coefficient (Wildman–Crippen LogP) is -0.441. The molecule has 0 heterocycles. The molecule has 62 valence electrons. The van der Waals surface area contributed by atoms with Crippen LogP contribution in [0.25, 0.3) is 0 Å². The van der Waals surface area contributed by atoms with Gasteiger partial charge in [0.2, 0.25) is 0 Å². The zero-order valence-electron chi connectivity index (χ0n) is 11.0. The van der Waals surface area contributed by atoms with E-state index in [2.05, 4.69) is 0 Å². The van der Waals surface area contributed by atoms with Crippen LogP contribution in [-0.2, 0) is 4.79 Å². The van der Waals surface area contributed by atoms with Crippen LogP contribution in [0, 0.1) is 0 Å². The zero-order valence-corrected chi connectivity index (χ0v) is 5.81. The summed E-state index contributed by atoms with van der Waals surface area (Å²) < 4.78 is 42.5. The molecular formula is C5H13ClN2O2. The average Bonchev–Trinajstić information content (AvgIpc) is 2.00. The molecule has 0 aliphatic carbocycles. The highest BCUT2D eigenvalue weighted by Gasteiger charge is 2.08. The molecule has 1 atom stereocenters. The summed E-state index contributed by atoms with van der Waals surface area (Å²) in [5, 5.41) is 8.45. The van der Waals surface area contributed by atoms with Crippen molar-refractivity contribution in [2.75, 3.05) is 6.50 Å². The molecule has 0 amide bonds. The Hall–Kier alpha value is -0.320. The van der Waals surface area contributed by atoms with Gasteiger partial charge in [-0.2, -0.15) is 0 Å². The third-order valence-corrected chi connectivity index (χ3v) is 0.566. The van der Waals surface area contributed by atoms with Crippen molar-refractivity contribution in [1.29, 1.82) is 0 Å². The maximum absolute atomic E-state index is 10.4. The molecular weight excluding hydrogens is 156 g/mol. The monoisotopic (exact) mass is 174 g/mol. The van der Waals surface area contributed by atoms with E-state index in [0.29, 0.717) is 0 Å². The van der Waals surface area contributed by atoms with Gasteiger partial charge in [0.05, 0.1) is 0 Å². The number of nitrogens with two attached hydrogens (primary N) is 2. The molecule has 0 aliphatic heterocycles. The van der Waals surface area contributed by atoms with E-state index in [9.17, 15) is 4.79 Å². The molecule has 5 N–H and O–H groups in total. The molecule has 0 saturated heterocycles. The molecule has 10 heavy (non-hydrogen) atoms. The highest BCUT2D eigenvalue weighted by molar-refractivity contribution is 5.85. The van der Waals surface area contributed by atoms with Crippen LogP contribution < -0.4 is 11.5 Å². The second kappa shape index (κ2) is 6.80. The summed E-state index contributed by atoms with van der Waals surface area (Å²) >= 11 is 0. The van der Waals surface area contributed by atoms with Crippen molar-refractivity contribution in [3.63, 3.8) is 0 Å². The lowest BCUT2D eigenvalue weighted by atomic mass is 10.2. The van der Waals surface area contributed by atoms with Crippen LogP contribution in [0.5, 0.6) is 0 Å². The van der Waals surface area contributed by atoms with E-state index in [-0.39, 0.29) is 12.4 Å². The van der Waals surface area contributed by atoms with Gasteiger partial charge in [-0.1, -0.05) is 0 Å². The van der Waals surface area contributed by atoms with E-state index in [1.165, 1.54) is 0 Å². The summed E-state index contributed by atoms with van der Waals surface area (Å²) in [6.07, 6.45) is -6.35. The summed E-state index contributed by atoms with van der Waals surface area (Å²) in [7, 11) is 0. The van der Waals surface area contributed by atoms with Crippen LogP contribution in [0.1, 0.15) is 21.0 Å². The Kier molecular flexibility index (Phi) is 2.65. The van der Waals surface area contributed by atoms with Crippen molar-refractivity contribution in [3.05, 3.63) is 0 Å². The highest BCUT2D eigenvalue weighted by atomic mass is 35.5. The molecule has 0 bridgehead atoms. The molecule has 0 radical (unpaired) electrons. The Balaban J connectivity index is 0. The number of carboxylic acid groups (broad SMARTS) is 1. The second-order valence-corrected chi connectivity index (χ2v) is 1.23. The van der Waals surface area contributed by atoms with E-state index >= 15 is 0 Å². The molecule has 0 aromatic rings. The first-order valence-electron chi connectivity index (χ1n) is 5.13. The fraction of sp³-hybridized carbons (Fsp3) is 0.800. The van der Waals surface area contributed by atoms with Crippen molar-refractivity contribution >= 4 is 18.4 Å². The molecule has 0 aliphatic rings. The summed E-state index contributed by atoms with van der Waals surface area (Å²) in [6.45, 7) is -3.04. The first-order valence-corrected chi connectivity index (χ1v) is 2.13. The van der Waals surface area contributed by atoms with Gasteiger partial charge in [0, 0.05) is 8.22 Å². The quantitative estimate of drug-likeness (QED) is 0.539. The molecule has 4 nitrogen and oxygen atoms in total. The van der Waals surface area contributed by atoms with Crippen LogP contribution in [0.15, 0.2) is 0 Å². The van der Waals surface area contributed by atoms with Gasteiger partial charge in [-0.05, 0) is 19.2 Å². The third-order valence-electron chi connectivity index (χ3n) is 0.566. The van der Waals surface area contributed by atoms with E-state index in [4.69, 9.17) is 24.8 Å². The lowest BCUT2D eigenvalue weighted by Crippen LogP contribution is -2.30. The van der Waals surface area contributed by atoms with Gasteiger partial charge in [0.25, 0.3) is 0 Å². The average molecular weight is 175 g/mol. The van der Waals surface area contributed by atoms with Gasteiger partial charge in [0.15, 0.2) is 0 Å². The molecule has 0 rings (SSSR count). The minimum atomic E-state index is -3.22. The largest absolute Gasteiger partial charge is 0.480 e. The number of aliphatic carboxylic acids is 1. The topological polar surface area (TPSA) is 89.3 Å². The fourth-order valence-electron chi connectivity index (χ4n) is 0.181. The Morgan fingerprint density at radius 3 is 2.60 bits per heavy atom. The lowest BCUT2D eigenvalue weighted by molar-refractivity contribution is -0.138. The number of hydrogen-bond donors (Lipinski definition) is 3. The third kappa shape index (κ3) is 5.81. The van der Waals surface area contributed by atoms with Crippen LogP contribution >= 0.6 is 12.4 Å². The van der Waals surface area contributed by atoms with Gasteiger partial charge < -0.3 is 16.6 Å². The van der Waals surface area contributed by atoms with Crippen molar-refractivity contribution in [2.45, 2.75) is 18.8 Å². The van der Waals surface area contributed by atoms with Gasteiger partial charge in [0.1, 0.15) is 6.04 Å². The zero-order chi connectivity index (χ0) is 12.7. The number of rotatable bonds is 4. The van der Waals surface area contributed by atoms with Gasteiger partial charge in [-0.25, -0.2) is 0 Å². The first-order chi connectivity index (χ1) is 6.35. The SMILES string of the molecule is Cl.[2H]C([2H])(N)C([2H])([2H])C([2H])([2H])[C@H](N)C(=O)O. The van der Waals surface area contributed by atoms with Crippen molar-refractivity contribution < 1.29 is 18.1 Å². The smallest absolute Gasteiger partial charge is 0.320 e. The van der Waals surface area contributed by atoms with Crippen molar-refractivity contribution in [1.82, 2.24) is 0 Å². The molecule has 0 aromatic heterocycles. The van der Waals surface area contributed by atoms with E-state index in [1.807, 2.05) is 0 Å². The first kappa shape index (κ1) is 3.90. The highest BCUT2D eigenvalue weighted by Crippen LogP contribution is 1.91. The summed E-state index contributed by atoms with van der Waals surface area (Å²) in [4.78, 5) is 10.4. The second-order valence-electron chi connectivity index (χ2n) is 1.23. The summed E-state index contributed by atoms with van der Waals surface area (Å²) in [5.74, 6) is -1.77. The molecule has 0 spiro atoms. The van der Waals surface area contributed by atoms with E-state index < -0.39 is 31.3 Å². The van der Waals surface area contributed by atoms with Crippen molar-refractivity contribution in [3.8, 4) is 0 Å². The number of halogens is 1. The maximum atomic E-state index is 10.4. The Morgan fingerprint density at radius 2 is 2.30 bits per heavy atom. The van der Waals surface area contributed by atoms with E-state index in [1.54, 1.807) is 0 Å². The van der Waals surface area contributed by atoms with Gasteiger partial charge in [-0.15, -0.1) is 12.4 Å². The fourth-order valence-corrected chi connectivity index (χ4v) is 0.181. The van der Waals surface area contributed by atoms with E-state index in [0.717, 1.165) is 0 Å². The Morgan fingerprint density at radius 1 is 1.80 bits per heavy atom. The minimum absolute atomic E-state index is 0. The number of carboxylic acids is 1. The van der Waals surface area contributed by atoms with Gasteiger partial charge >= 0.3 is 5.97 Å². The molecule has 0 aromatic carbocycles. The lowest BCUT2D eigenvalue weighted by Gasteiger charge is -2.02. The van der Waals surface area contributed by atoms with Crippen LogP contribution in [-0.4, -0.2) is 23.6 Å².